The first-order valence-corrected chi connectivity index (χ1v) is 5.47. The molecule has 20 heavy (non-hydrogen) atoms. The molecule has 8 nitrogen and oxygen atoms in total. The van der Waals surface area contributed by atoms with Gasteiger partial charge in [0.15, 0.2) is 6.61 Å². The second-order valence-electron chi connectivity index (χ2n) is 4.58. The quantitative estimate of drug-likeness (QED) is 0.894. The van der Waals surface area contributed by atoms with Crippen molar-refractivity contribution in [3.05, 3.63) is 5.69 Å². The molecule has 0 radical (unpaired) electrons. The predicted octanol–water partition coefficient (Wildman–Crippen LogP) is 1.38. The minimum atomic E-state index is -2.76. The number of halogens is 2. The van der Waals surface area contributed by atoms with Crippen LogP contribution in [0.5, 0.6) is 5.88 Å². The van der Waals surface area contributed by atoms with Gasteiger partial charge in [-0.3, -0.25) is 10.1 Å². The first kappa shape index (κ1) is 15.8. The van der Waals surface area contributed by atoms with Crippen molar-refractivity contribution in [2.24, 2.45) is 0 Å². The van der Waals surface area contributed by atoms with Crippen LogP contribution in [0.15, 0.2) is 4.63 Å². The van der Waals surface area contributed by atoms with Crippen LogP contribution in [0.3, 0.4) is 0 Å². The number of nitrogens with one attached hydrogen (secondary N) is 1. The van der Waals surface area contributed by atoms with Gasteiger partial charge in [-0.25, -0.2) is 18.2 Å². The Kier molecular flexibility index (Phi) is 4.94. The monoisotopic (exact) mass is 293 g/mol. The molecule has 0 unspecified atom stereocenters. The summed E-state index contributed by atoms with van der Waals surface area (Å²) >= 11 is 0. The zero-order valence-corrected chi connectivity index (χ0v) is 11.0. The summed E-state index contributed by atoms with van der Waals surface area (Å²) in [4.78, 5) is 23.0. The smallest absolute Gasteiger partial charge is 0.414 e. The summed E-state index contributed by atoms with van der Waals surface area (Å²) in [5, 5.41) is 8.14. The Morgan fingerprint density at radius 1 is 1.35 bits per heavy atom. The van der Waals surface area contributed by atoms with Crippen LogP contribution < -0.4 is 10.1 Å². The molecule has 10 heteroatoms. The summed E-state index contributed by atoms with van der Waals surface area (Å²) < 4.78 is 37.5. The minimum Gasteiger partial charge on any atom is -0.468 e. The number of aromatic nitrogens is 2. The molecule has 0 aliphatic heterocycles. The van der Waals surface area contributed by atoms with Crippen LogP contribution in [-0.4, -0.2) is 40.9 Å². The van der Waals surface area contributed by atoms with Crippen LogP contribution in [0.1, 0.15) is 31.3 Å². The van der Waals surface area contributed by atoms with Gasteiger partial charge in [-0.05, 0) is 31.1 Å². The lowest BCUT2D eigenvalue weighted by Crippen LogP contribution is -2.36. The number of amides is 2. The van der Waals surface area contributed by atoms with Gasteiger partial charge in [0.1, 0.15) is 5.60 Å². The Morgan fingerprint density at radius 2 is 2.00 bits per heavy atom. The van der Waals surface area contributed by atoms with E-state index in [4.69, 9.17) is 4.74 Å². The Bertz CT molecular complexity index is 483. The molecule has 1 N–H and O–H groups in total. The predicted molar refractivity (Wildman–Crippen MR) is 59.5 cm³/mol. The molecule has 0 spiro atoms. The highest BCUT2D eigenvalue weighted by atomic mass is 19.3. The Hall–Kier alpha value is -2.26. The van der Waals surface area contributed by atoms with E-state index in [2.05, 4.69) is 19.7 Å². The number of nitrogens with zero attached hydrogens (tertiary/aromatic N) is 2. The van der Waals surface area contributed by atoms with E-state index in [1.54, 1.807) is 20.8 Å². The first-order valence-electron chi connectivity index (χ1n) is 5.47. The highest BCUT2D eigenvalue weighted by Gasteiger charge is 2.25. The SMILES string of the molecule is CC(C)(C)OC(=O)NC(=O)c1nonc1OCC(F)F. The Morgan fingerprint density at radius 3 is 2.55 bits per heavy atom. The summed E-state index contributed by atoms with van der Waals surface area (Å²) in [5.41, 5.74) is -1.34. The zero-order chi connectivity index (χ0) is 15.3. The van der Waals surface area contributed by atoms with Crippen molar-refractivity contribution in [2.45, 2.75) is 32.8 Å². The number of hydrogen-bond acceptors (Lipinski definition) is 7. The standard InChI is InChI=1S/C10H13F2N3O5/c1-10(2,3)19-9(17)13-7(16)6-8(15-20-14-6)18-4-5(11)12/h5H,4H2,1-3H3,(H,13,16,17). The third-order valence-corrected chi connectivity index (χ3v) is 1.63. The molecular formula is C10H13F2N3O5. The Labute approximate surface area is 112 Å². The van der Waals surface area contributed by atoms with Gasteiger partial charge in [-0.15, -0.1) is 0 Å². The Balaban J connectivity index is 2.64. The summed E-state index contributed by atoms with van der Waals surface area (Å²) in [7, 11) is 0. The van der Waals surface area contributed by atoms with Gasteiger partial charge in [0.2, 0.25) is 5.69 Å². The van der Waals surface area contributed by atoms with Crippen molar-refractivity contribution in [3.8, 4) is 5.88 Å². The van der Waals surface area contributed by atoms with Crippen LogP contribution in [-0.2, 0) is 4.74 Å². The maximum absolute atomic E-state index is 12.0. The van der Waals surface area contributed by atoms with Gasteiger partial charge in [0.05, 0.1) is 0 Å². The highest BCUT2D eigenvalue weighted by Crippen LogP contribution is 2.14. The van der Waals surface area contributed by atoms with E-state index in [0.29, 0.717) is 0 Å². The van der Waals surface area contributed by atoms with Crippen molar-refractivity contribution in [3.63, 3.8) is 0 Å². The van der Waals surface area contributed by atoms with Gasteiger partial charge in [-0.2, -0.15) is 0 Å². The third kappa shape index (κ3) is 5.16. The minimum absolute atomic E-state index is 0.531. The molecule has 0 aliphatic carbocycles. The van der Waals surface area contributed by atoms with Crippen LogP contribution in [0, 0.1) is 0 Å². The molecular weight excluding hydrogens is 280 g/mol. The molecule has 0 aromatic carbocycles. The van der Waals surface area contributed by atoms with E-state index in [1.165, 1.54) is 0 Å². The second kappa shape index (κ2) is 6.26. The molecule has 1 aromatic heterocycles. The normalized spacial score (nSPS) is 11.3. The van der Waals surface area contributed by atoms with Gasteiger partial charge in [-0.1, -0.05) is 0 Å². The van der Waals surface area contributed by atoms with E-state index >= 15 is 0 Å². The van der Waals surface area contributed by atoms with E-state index in [1.807, 2.05) is 5.32 Å². The van der Waals surface area contributed by atoms with Crippen molar-refractivity contribution < 1.29 is 32.5 Å². The average molecular weight is 293 g/mol. The fraction of sp³-hybridized carbons (Fsp3) is 0.600. The molecule has 0 aliphatic rings. The molecule has 112 valence electrons. The molecule has 0 fully saturated rings. The van der Waals surface area contributed by atoms with Gasteiger partial charge < -0.3 is 9.47 Å². The number of hydrogen-bond donors (Lipinski definition) is 1. The molecule has 0 bridgehead atoms. The van der Waals surface area contributed by atoms with E-state index < -0.39 is 42.2 Å². The first-order chi connectivity index (χ1) is 9.19. The molecule has 2 amide bonds. The fourth-order valence-corrected chi connectivity index (χ4v) is 1.01. The van der Waals surface area contributed by atoms with Crippen LogP contribution in [0.4, 0.5) is 13.6 Å². The van der Waals surface area contributed by atoms with Crippen molar-refractivity contribution in [2.75, 3.05) is 6.61 Å². The molecule has 1 rings (SSSR count). The topological polar surface area (TPSA) is 104 Å². The van der Waals surface area contributed by atoms with E-state index in [-0.39, 0.29) is 0 Å². The summed E-state index contributed by atoms with van der Waals surface area (Å²) in [6, 6.07) is 0. The summed E-state index contributed by atoms with van der Waals surface area (Å²) in [6.45, 7) is 3.82. The number of imide groups is 1. The largest absolute Gasteiger partial charge is 0.468 e. The second-order valence-corrected chi connectivity index (χ2v) is 4.58. The third-order valence-electron chi connectivity index (χ3n) is 1.63. The van der Waals surface area contributed by atoms with Crippen molar-refractivity contribution in [1.29, 1.82) is 0 Å². The van der Waals surface area contributed by atoms with Crippen LogP contribution >= 0.6 is 0 Å². The van der Waals surface area contributed by atoms with E-state index in [0.717, 1.165) is 0 Å². The average Bonchev–Trinajstić information content (AvgIpc) is 2.71. The maximum Gasteiger partial charge on any atom is 0.414 e. The van der Waals surface area contributed by atoms with E-state index in [9.17, 15) is 18.4 Å². The lowest BCUT2D eigenvalue weighted by atomic mass is 10.2. The van der Waals surface area contributed by atoms with Gasteiger partial charge in [0, 0.05) is 0 Å². The summed E-state index contributed by atoms with van der Waals surface area (Å²) in [5.74, 6) is -1.57. The zero-order valence-electron chi connectivity index (χ0n) is 11.0. The number of ether oxygens (including phenoxy) is 2. The maximum atomic E-state index is 12.0. The fourth-order valence-electron chi connectivity index (χ4n) is 1.01. The highest BCUT2D eigenvalue weighted by molar-refractivity contribution is 6.02. The number of carbonyl (C=O) groups is 2. The lowest BCUT2D eigenvalue weighted by Gasteiger charge is -2.18. The number of carbonyl (C=O) groups excluding carboxylic acids is 2. The van der Waals surface area contributed by atoms with Gasteiger partial charge >= 0.3 is 6.09 Å². The van der Waals surface area contributed by atoms with Crippen molar-refractivity contribution in [1.82, 2.24) is 15.6 Å². The number of alkyl carbamates (subject to hydrolysis) is 1. The van der Waals surface area contributed by atoms with Crippen LogP contribution in [0.25, 0.3) is 0 Å². The molecule has 0 atom stereocenters. The van der Waals surface area contributed by atoms with Gasteiger partial charge in [0.25, 0.3) is 18.2 Å². The summed E-state index contributed by atoms with van der Waals surface area (Å²) in [6.07, 6.45) is -3.78. The molecule has 1 heterocycles. The number of alkyl halides is 2. The van der Waals surface area contributed by atoms with Crippen LogP contribution in [0.2, 0.25) is 0 Å². The lowest BCUT2D eigenvalue weighted by molar-refractivity contribution is 0.0504. The van der Waals surface area contributed by atoms with Crippen molar-refractivity contribution >= 4 is 12.0 Å². The molecule has 0 saturated heterocycles. The molecule has 0 saturated carbocycles. The molecule has 1 aromatic rings. The number of rotatable bonds is 4.